The molecule has 1 aliphatic rings. The molecule has 4 nitrogen and oxygen atoms in total. The van der Waals surface area contributed by atoms with E-state index in [1.54, 1.807) is 11.6 Å². The fourth-order valence-corrected chi connectivity index (χ4v) is 3.60. The molecule has 0 aliphatic heterocycles. The molecule has 0 atom stereocenters. The lowest BCUT2D eigenvalue weighted by atomic mass is 9.87. The number of benzene rings is 1. The van der Waals surface area contributed by atoms with Gasteiger partial charge in [0.2, 0.25) is 0 Å². The molecule has 2 N–H and O–H groups in total. The number of hydrogen-bond donors (Lipinski definition) is 2. The minimum atomic E-state index is -0.107. The highest BCUT2D eigenvalue weighted by molar-refractivity contribution is 7.16. The Kier molecular flexibility index (Phi) is 3.72. The Bertz CT molecular complexity index is 617. The molecule has 20 heavy (non-hydrogen) atoms. The van der Waals surface area contributed by atoms with Gasteiger partial charge in [0.05, 0.1) is 22.3 Å². The van der Waals surface area contributed by atoms with Crippen LogP contribution in [0.25, 0.3) is 10.2 Å². The van der Waals surface area contributed by atoms with E-state index in [1.807, 2.05) is 12.1 Å². The van der Waals surface area contributed by atoms with Crippen LogP contribution < -0.4 is 5.32 Å². The summed E-state index contributed by atoms with van der Waals surface area (Å²) in [5, 5.41) is 12.5. The first-order valence-corrected chi connectivity index (χ1v) is 7.83. The average molecular weight is 290 g/mol. The minimum absolute atomic E-state index is 0.0694. The Labute approximate surface area is 121 Å². The highest BCUT2D eigenvalue weighted by Crippen LogP contribution is 2.36. The van der Waals surface area contributed by atoms with Crippen molar-refractivity contribution in [3.8, 4) is 0 Å². The third-order valence-electron chi connectivity index (χ3n) is 4.22. The summed E-state index contributed by atoms with van der Waals surface area (Å²) >= 11 is 1.53. The van der Waals surface area contributed by atoms with Crippen molar-refractivity contribution in [2.45, 2.75) is 25.7 Å². The quantitative estimate of drug-likeness (QED) is 0.909. The van der Waals surface area contributed by atoms with E-state index >= 15 is 0 Å². The molecule has 5 heteroatoms. The zero-order valence-electron chi connectivity index (χ0n) is 11.3. The van der Waals surface area contributed by atoms with Crippen LogP contribution in [-0.4, -0.2) is 29.1 Å². The van der Waals surface area contributed by atoms with Gasteiger partial charge in [0.25, 0.3) is 5.91 Å². The van der Waals surface area contributed by atoms with Gasteiger partial charge in [-0.2, -0.15) is 0 Å². The van der Waals surface area contributed by atoms with Crippen LogP contribution in [0.5, 0.6) is 0 Å². The van der Waals surface area contributed by atoms with Crippen molar-refractivity contribution < 1.29 is 9.90 Å². The first kappa shape index (κ1) is 13.5. The molecule has 3 rings (SSSR count). The minimum Gasteiger partial charge on any atom is -0.396 e. The van der Waals surface area contributed by atoms with Crippen molar-refractivity contribution >= 4 is 27.5 Å². The second-order valence-electron chi connectivity index (χ2n) is 5.58. The first-order valence-electron chi connectivity index (χ1n) is 6.95. The molecule has 1 amide bonds. The number of nitrogens with one attached hydrogen (secondary N) is 1. The van der Waals surface area contributed by atoms with E-state index in [0.29, 0.717) is 12.1 Å². The fourth-order valence-electron chi connectivity index (χ4n) is 2.88. The largest absolute Gasteiger partial charge is 0.396 e. The summed E-state index contributed by atoms with van der Waals surface area (Å²) in [5.41, 5.74) is 3.26. The summed E-state index contributed by atoms with van der Waals surface area (Å²) in [7, 11) is 0. The molecule has 0 saturated heterocycles. The Morgan fingerprint density at radius 1 is 1.40 bits per heavy atom. The van der Waals surface area contributed by atoms with Crippen LogP contribution in [0.15, 0.2) is 23.7 Å². The van der Waals surface area contributed by atoms with E-state index in [2.05, 4.69) is 10.3 Å². The van der Waals surface area contributed by atoms with Gasteiger partial charge in [0.1, 0.15) is 0 Å². The van der Waals surface area contributed by atoms with Gasteiger partial charge < -0.3 is 10.4 Å². The Morgan fingerprint density at radius 2 is 2.20 bits per heavy atom. The molecule has 2 aromatic rings. The maximum Gasteiger partial charge on any atom is 0.251 e. The second-order valence-corrected chi connectivity index (χ2v) is 6.47. The Morgan fingerprint density at radius 3 is 2.95 bits per heavy atom. The zero-order valence-corrected chi connectivity index (χ0v) is 12.1. The van der Waals surface area contributed by atoms with E-state index in [0.717, 1.165) is 35.9 Å². The molecule has 1 aromatic heterocycles. The van der Waals surface area contributed by atoms with Crippen LogP contribution in [0.4, 0.5) is 0 Å². The number of aliphatic hydroxyl groups is 1. The lowest BCUT2D eigenvalue weighted by Gasteiger charge is -2.26. The zero-order chi connectivity index (χ0) is 14.0. The van der Waals surface area contributed by atoms with Gasteiger partial charge in [0, 0.05) is 17.5 Å². The lowest BCUT2D eigenvalue weighted by Crippen LogP contribution is -2.38. The van der Waals surface area contributed by atoms with Crippen molar-refractivity contribution in [1.82, 2.24) is 10.3 Å². The van der Waals surface area contributed by atoms with Gasteiger partial charge in [-0.1, -0.05) is 12.8 Å². The number of aliphatic hydroxyl groups excluding tert-OH is 1. The Balaban J connectivity index is 1.69. The van der Waals surface area contributed by atoms with E-state index in [1.165, 1.54) is 11.3 Å². The van der Waals surface area contributed by atoms with Gasteiger partial charge in [-0.25, -0.2) is 4.98 Å². The number of thiazole rings is 1. The van der Waals surface area contributed by atoms with E-state index < -0.39 is 0 Å². The molecule has 106 valence electrons. The molecule has 1 aromatic carbocycles. The van der Waals surface area contributed by atoms with Crippen molar-refractivity contribution in [2.75, 3.05) is 13.2 Å². The number of fused-ring (bicyclic) bond motifs is 1. The Hall–Kier alpha value is -1.46. The van der Waals surface area contributed by atoms with Gasteiger partial charge in [-0.05, 0) is 31.0 Å². The van der Waals surface area contributed by atoms with Crippen LogP contribution >= 0.6 is 11.3 Å². The van der Waals surface area contributed by atoms with Crippen LogP contribution in [0, 0.1) is 5.41 Å². The molecule has 0 spiro atoms. The maximum absolute atomic E-state index is 12.2. The summed E-state index contributed by atoms with van der Waals surface area (Å²) in [6, 6.07) is 5.55. The molecule has 1 heterocycles. The third kappa shape index (κ3) is 2.55. The normalized spacial score (nSPS) is 17.4. The highest BCUT2D eigenvalue weighted by Gasteiger charge is 2.33. The summed E-state index contributed by atoms with van der Waals surface area (Å²) in [6.07, 6.45) is 4.28. The van der Waals surface area contributed by atoms with Gasteiger partial charge >= 0.3 is 0 Å². The maximum atomic E-state index is 12.2. The van der Waals surface area contributed by atoms with Crippen LogP contribution in [0.1, 0.15) is 36.0 Å². The standard InChI is InChI=1S/C15H18N2O2S/c18-9-15(5-1-2-6-15)8-16-14(19)11-3-4-12-13(7-11)20-10-17-12/h3-4,7,10,18H,1-2,5-6,8-9H2,(H,16,19). The SMILES string of the molecule is O=C(NCC1(CO)CCCC1)c1ccc2ncsc2c1. The molecule has 0 unspecified atom stereocenters. The summed E-state index contributed by atoms with van der Waals surface area (Å²) < 4.78 is 1.02. The summed E-state index contributed by atoms with van der Waals surface area (Å²) in [5.74, 6) is -0.0694. The molecular weight excluding hydrogens is 272 g/mol. The molecule has 1 aliphatic carbocycles. The molecule has 1 fully saturated rings. The van der Waals surface area contributed by atoms with Crippen molar-refractivity contribution in [3.63, 3.8) is 0 Å². The molecule has 0 bridgehead atoms. The first-order chi connectivity index (χ1) is 9.72. The number of carbonyl (C=O) groups excluding carboxylic acids is 1. The fraction of sp³-hybridized carbons (Fsp3) is 0.467. The predicted octanol–water partition coefficient (Wildman–Crippen LogP) is 2.58. The highest BCUT2D eigenvalue weighted by atomic mass is 32.1. The monoisotopic (exact) mass is 290 g/mol. The molecular formula is C15H18N2O2S. The second kappa shape index (κ2) is 5.50. The topological polar surface area (TPSA) is 62.2 Å². The average Bonchev–Trinajstić information content (AvgIpc) is 3.13. The molecule has 1 saturated carbocycles. The summed E-state index contributed by atoms with van der Waals surface area (Å²) in [6.45, 7) is 0.713. The predicted molar refractivity (Wildman–Crippen MR) is 79.9 cm³/mol. The number of nitrogens with zero attached hydrogens (tertiary/aromatic N) is 1. The van der Waals surface area contributed by atoms with Crippen molar-refractivity contribution in [1.29, 1.82) is 0 Å². The van der Waals surface area contributed by atoms with Crippen LogP contribution in [0.2, 0.25) is 0 Å². The smallest absolute Gasteiger partial charge is 0.251 e. The van der Waals surface area contributed by atoms with E-state index in [9.17, 15) is 9.90 Å². The third-order valence-corrected chi connectivity index (χ3v) is 5.01. The van der Waals surface area contributed by atoms with E-state index in [-0.39, 0.29) is 17.9 Å². The number of carbonyl (C=O) groups is 1. The number of rotatable bonds is 4. The van der Waals surface area contributed by atoms with Crippen LogP contribution in [-0.2, 0) is 0 Å². The molecule has 0 radical (unpaired) electrons. The van der Waals surface area contributed by atoms with Crippen molar-refractivity contribution in [3.05, 3.63) is 29.3 Å². The van der Waals surface area contributed by atoms with Gasteiger partial charge in [0.15, 0.2) is 0 Å². The number of amides is 1. The lowest BCUT2D eigenvalue weighted by molar-refractivity contribution is 0.0881. The van der Waals surface area contributed by atoms with Gasteiger partial charge in [-0.15, -0.1) is 11.3 Å². The number of hydrogen-bond acceptors (Lipinski definition) is 4. The summed E-state index contributed by atoms with van der Waals surface area (Å²) in [4.78, 5) is 16.4. The van der Waals surface area contributed by atoms with E-state index in [4.69, 9.17) is 0 Å². The number of aromatic nitrogens is 1. The van der Waals surface area contributed by atoms with Gasteiger partial charge in [-0.3, -0.25) is 4.79 Å². The van der Waals surface area contributed by atoms with Crippen molar-refractivity contribution in [2.24, 2.45) is 5.41 Å². The van der Waals surface area contributed by atoms with Crippen LogP contribution in [0.3, 0.4) is 0 Å².